The van der Waals surface area contributed by atoms with Crippen LogP contribution in [0.2, 0.25) is 0 Å². The Morgan fingerprint density at radius 3 is 1.87 bits per heavy atom. The first-order valence-corrected chi connectivity index (χ1v) is 6.51. The predicted molar refractivity (Wildman–Crippen MR) is 66.9 cm³/mol. The topological polar surface area (TPSA) is 17.1 Å². The molecular weight excluding hydrogens is 184 g/mol. The van der Waals surface area contributed by atoms with Gasteiger partial charge in [0.25, 0.3) is 0 Å². The van der Waals surface area contributed by atoms with Gasteiger partial charge < -0.3 is 4.79 Å². The third kappa shape index (κ3) is 9.96. The van der Waals surface area contributed by atoms with Gasteiger partial charge in [-0.1, -0.05) is 59.8 Å². The van der Waals surface area contributed by atoms with Gasteiger partial charge in [0, 0.05) is 5.92 Å². The molecule has 0 aromatic carbocycles. The van der Waals surface area contributed by atoms with Crippen LogP contribution in [0, 0.1) is 17.8 Å². The summed E-state index contributed by atoms with van der Waals surface area (Å²) in [5.41, 5.74) is 0. The fourth-order valence-corrected chi connectivity index (χ4v) is 2.09. The molecule has 0 aromatic heterocycles. The van der Waals surface area contributed by atoms with E-state index < -0.39 is 0 Å². The number of hydrogen-bond donors (Lipinski definition) is 0. The van der Waals surface area contributed by atoms with E-state index in [4.69, 9.17) is 0 Å². The normalized spacial score (nSPS) is 17.5. The van der Waals surface area contributed by atoms with E-state index >= 15 is 0 Å². The predicted octanol–water partition coefficient (Wildman–Crippen LogP) is 4.45. The molecule has 90 valence electrons. The van der Waals surface area contributed by atoms with Gasteiger partial charge >= 0.3 is 0 Å². The number of aldehydes is 1. The number of rotatable bonds is 3. The molecule has 15 heavy (non-hydrogen) atoms. The second-order valence-corrected chi connectivity index (χ2v) is 5.51. The molecule has 0 unspecified atom stereocenters. The van der Waals surface area contributed by atoms with Gasteiger partial charge in [-0.25, -0.2) is 0 Å². The van der Waals surface area contributed by atoms with Gasteiger partial charge in [-0.3, -0.25) is 0 Å². The molecule has 0 spiro atoms. The average molecular weight is 212 g/mol. The first kappa shape index (κ1) is 14.7. The third-order valence-corrected chi connectivity index (χ3v) is 2.80. The largest absolute Gasteiger partial charge is 0.303 e. The molecule has 0 aromatic rings. The molecule has 1 heteroatoms. The van der Waals surface area contributed by atoms with Gasteiger partial charge in [-0.2, -0.15) is 0 Å². The highest BCUT2D eigenvalue weighted by Gasteiger charge is 2.13. The Morgan fingerprint density at radius 1 is 1.07 bits per heavy atom. The van der Waals surface area contributed by atoms with Crippen LogP contribution in [0.4, 0.5) is 0 Å². The summed E-state index contributed by atoms with van der Waals surface area (Å²) in [5, 5.41) is 0. The second kappa shape index (κ2) is 8.94. The third-order valence-electron chi connectivity index (χ3n) is 2.80. The Morgan fingerprint density at radius 2 is 1.53 bits per heavy atom. The molecule has 0 bridgehead atoms. The lowest BCUT2D eigenvalue weighted by Crippen LogP contribution is -2.08. The van der Waals surface area contributed by atoms with Crippen LogP contribution in [-0.4, -0.2) is 6.29 Å². The highest BCUT2D eigenvalue weighted by molar-refractivity contribution is 5.51. The summed E-state index contributed by atoms with van der Waals surface area (Å²) in [7, 11) is 0. The fourth-order valence-electron chi connectivity index (χ4n) is 2.09. The second-order valence-electron chi connectivity index (χ2n) is 5.51. The van der Waals surface area contributed by atoms with Crippen LogP contribution in [0.5, 0.6) is 0 Å². The van der Waals surface area contributed by atoms with E-state index in [-0.39, 0.29) is 5.92 Å². The van der Waals surface area contributed by atoms with Crippen molar-refractivity contribution in [2.24, 2.45) is 17.8 Å². The number of carbonyl (C=O) groups excluding carboxylic acids is 1. The van der Waals surface area contributed by atoms with Crippen molar-refractivity contribution in [1.29, 1.82) is 0 Å². The van der Waals surface area contributed by atoms with E-state index in [2.05, 4.69) is 13.8 Å². The van der Waals surface area contributed by atoms with Gasteiger partial charge in [-0.15, -0.1) is 0 Å². The molecule has 1 aliphatic rings. The molecule has 0 amide bonds. The summed E-state index contributed by atoms with van der Waals surface area (Å²) in [5.74, 6) is 2.20. The molecule has 1 nitrogen and oxygen atoms in total. The van der Waals surface area contributed by atoms with E-state index in [1.807, 2.05) is 13.8 Å². The van der Waals surface area contributed by atoms with Crippen molar-refractivity contribution < 1.29 is 4.79 Å². The van der Waals surface area contributed by atoms with Gasteiger partial charge in [0.2, 0.25) is 0 Å². The molecular formula is C14H28O. The van der Waals surface area contributed by atoms with Crippen molar-refractivity contribution in [2.45, 2.75) is 66.2 Å². The number of hydrogen-bond acceptors (Lipinski definition) is 1. The monoisotopic (exact) mass is 212 g/mol. The molecule has 0 saturated heterocycles. The quantitative estimate of drug-likeness (QED) is 0.631. The van der Waals surface area contributed by atoms with Crippen molar-refractivity contribution in [3.05, 3.63) is 0 Å². The van der Waals surface area contributed by atoms with Crippen molar-refractivity contribution in [3.8, 4) is 0 Å². The van der Waals surface area contributed by atoms with Crippen LogP contribution < -0.4 is 0 Å². The van der Waals surface area contributed by atoms with Crippen LogP contribution in [0.1, 0.15) is 66.2 Å². The molecule has 0 N–H and O–H groups in total. The molecule has 0 aliphatic heterocycles. The fraction of sp³-hybridized carbons (Fsp3) is 0.929. The van der Waals surface area contributed by atoms with Gasteiger partial charge in [0.1, 0.15) is 6.29 Å². The minimum atomic E-state index is 0.204. The van der Waals surface area contributed by atoms with Gasteiger partial charge in [0.05, 0.1) is 0 Å². The zero-order valence-corrected chi connectivity index (χ0v) is 11.0. The summed E-state index contributed by atoms with van der Waals surface area (Å²) < 4.78 is 0. The maximum atomic E-state index is 9.50. The minimum Gasteiger partial charge on any atom is -0.303 e. The van der Waals surface area contributed by atoms with E-state index in [1.54, 1.807) is 0 Å². The smallest absolute Gasteiger partial charge is 0.122 e. The Kier molecular flexibility index (Phi) is 8.74. The van der Waals surface area contributed by atoms with E-state index in [0.717, 1.165) is 18.1 Å². The summed E-state index contributed by atoms with van der Waals surface area (Å²) in [6, 6.07) is 0. The summed E-state index contributed by atoms with van der Waals surface area (Å²) in [6.07, 6.45) is 9.90. The molecule has 0 radical (unpaired) electrons. The minimum absolute atomic E-state index is 0.204. The summed E-state index contributed by atoms with van der Waals surface area (Å²) >= 11 is 0. The zero-order valence-electron chi connectivity index (χ0n) is 11.0. The average Bonchev–Trinajstić information content (AvgIpc) is 2.19. The van der Waals surface area contributed by atoms with E-state index in [1.165, 1.54) is 38.5 Å². The van der Waals surface area contributed by atoms with E-state index in [9.17, 15) is 4.79 Å². The van der Waals surface area contributed by atoms with Crippen molar-refractivity contribution in [3.63, 3.8) is 0 Å². The van der Waals surface area contributed by atoms with Gasteiger partial charge in [0.15, 0.2) is 0 Å². The van der Waals surface area contributed by atoms with Gasteiger partial charge in [-0.05, 0) is 18.3 Å². The standard InChI is InChI=1S/C10H20.C4H8O/c1-9(2)8-10-6-4-3-5-7-10;1-4(2)3-5/h9-10H,3-8H2,1-2H3;3-4H,1-2H3. The van der Waals surface area contributed by atoms with Crippen molar-refractivity contribution >= 4 is 6.29 Å². The van der Waals surface area contributed by atoms with Crippen LogP contribution in [-0.2, 0) is 4.79 Å². The molecule has 1 rings (SSSR count). The highest BCUT2D eigenvalue weighted by Crippen LogP contribution is 2.28. The first-order valence-electron chi connectivity index (χ1n) is 6.51. The number of carbonyl (C=O) groups is 1. The Bertz CT molecular complexity index is 143. The van der Waals surface area contributed by atoms with E-state index in [0.29, 0.717) is 0 Å². The highest BCUT2D eigenvalue weighted by atomic mass is 16.1. The Labute approximate surface area is 95.6 Å². The first-order chi connectivity index (χ1) is 7.06. The van der Waals surface area contributed by atoms with Crippen LogP contribution >= 0.6 is 0 Å². The SMILES string of the molecule is CC(C)C=O.CC(C)CC1CCCCC1. The Balaban J connectivity index is 0.000000336. The lowest BCUT2D eigenvalue weighted by molar-refractivity contribution is -0.110. The summed E-state index contributed by atoms with van der Waals surface area (Å²) in [4.78, 5) is 9.50. The van der Waals surface area contributed by atoms with Crippen molar-refractivity contribution in [2.75, 3.05) is 0 Å². The molecule has 1 fully saturated rings. The zero-order chi connectivity index (χ0) is 11.7. The van der Waals surface area contributed by atoms with Crippen LogP contribution in [0.15, 0.2) is 0 Å². The van der Waals surface area contributed by atoms with Crippen LogP contribution in [0.3, 0.4) is 0 Å². The Hall–Kier alpha value is -0.330. The maximum Gasteiger partial charge on any atom is 0.122 e. The van der Waals surface area contributed by atoms with Crippen LogP contribution in [0.25, 0.3) is 0 Å². The molecule has 0 heterocycles. The molecule has 1 saturated carbocycles. The lowest BCUT2D eigenvalue weighted by atomic mass is 9.84. The maximum absolute atomic E-state index is 9.50. The van der Waals surface area contributed by atoms with Crippen molar-refractivity contribution in [1.82, 2.24) is 0 Å². The lowest BCUT2D eigenvalue weighted by Gasteiger charge is -2.22. The molecule has 0 atom stereocenters. The summed E-state index contributed by atoms with van der Waals surface area (Å²) in [6.45, 7) is 8.39. The molecule has 1 aliphatic carbocycles.